The quantitative estimate of drug-likeness (QED) is 0.111. The van der Waals surface area contributed by atoms with E-state index in [1.54, 1.807) is 14.4 Å². The van der Waals surface area contributed by atoms with Gasteiger partial charge < -0.3 is 69.4 Å². The molecule has 0 aromatic heterocycles. The first-order valence-corrected chi connectivity index (χ1v) is 18.4. The lowest BCUT2D eigenvalue weighted by molar-refractivity contribution is -0.549. The number of guanidine groups is 2. The minimum absolute atomic E-state index is 0.0519. The van der Waals surface area contributed by atoms with Crippen molar-refractivity contribution in [1.82, 2.24) is 9.80 Å². The number of nitrogens with zero attached hydrogens (tertiary/aromatic N) is 3. The number of nitrogens with one attached hydrogen (secondary N) is 1. The summed E-state index contributed by atoms with van der Waals surface area (Å²) in [5.41, 5.74) is 7.05. The minimum atomic E-state index is -1.67. The molecule has 0 radical (unpaired) electrons. The summed E-state index contributed by atoms with van der Waals surface area (Å²) in [4.78, 5) is 3.30. The fourth-order valence-electron chi connectivity index (χ4n) is 7.81. The van der Waals surface area contributed by atoms with Crippen LogP contribution < -0.4 is 5.73 Å². The number of hydrogen-bond acceptors (Lipinski definition) is 15. The van der Waals surface area contributed by atoms with Crippen molar-refractivity contribution in [3.8, 4) is 0 Å². The summed E-state index contributed by atoms with van der Waals surface area (Å²) in [6.45, 7) is 3.72. The van der Waals surface area contributed by atoms with Crippen molar-refractivity contribution < 1.29 is 69.1 Å². The van der Waals surface area contributed by atoms with Crippen molar-refractivity contribution in [2.45, 2.75) is 113 Å². The van der Waals surface area contributed by atoms with Crippen LogP contribution in [0.15, 0.2) is 0 Å². The van der Waals surface area contributed by atoms with Gasteiger partial charge in [-0.2, -0.15) is 4.90 Å². The van der Waals surface area contributed by atoms with Gasteiger partial charge >= 0.3 is 5.96 Å². The van der Waals surface area contributed by atoms with Crippen LogP contribution >= 0.6 is 0 Å². The molecule has 18 nitrogen and oxygen atoms in total. The Balaban J connectivity index is 1.63. The molecule has 4 saturated heterocycles. The molecule has 0 aromatic carbocycles. The van der Waals surface area contributed by atoms with Crippen molar-refractivity contribution in [2.75, 3.05) is 65.8 Å². The summed E-state index contributed by atoms with van der Waals surface area (Å²) >= 11 is 0. The zero-order valence-electron chi connectivity index (χ0n) is 29.6. The minimum Gasteiger partial charge on any atom is -0.396 e. The smallest absolute Gasteiger partial charge is 0.353 e. The summed E-state index contributed by atoms with van der Waals surface area (Å²) in [6, 6.07) is 0. The van der Waals surface area contributed by atoms with E-state index in [0.717, 1.165) is 12.8 Å². The van der Waals surface area contributed by atoms with E-state index in [1.165, 1.54) is 0 Å². The first kappa shape index (κ1) is 40.4. The van der Waals surface area contributed by atoms with E-state index in [4.69, 9.17) is 29.4 Å². The average Bonchev–Trinajstić information content (AvgIpc) is 3.12. The van der Waals surface area contributed by atoms with E-state index in [1.807, 2.05) is 13.8 Å². The van der Waals surface area contributed by atoms with Crippen LogP contribution in [0.1, 0.15) is 39.5 Å². The van der Waals surface area contributed by atoms with Crippen LogP contribution in [-0.4, -0.2) is 206 Å². The second-order valence-corrected chi connectivity index (χ2v) is 14.6. The molecule has 11 N–H and O–H groups in total. The lowest BCUT2D eigenvalue weighted by atomic mass is 9.86. The molecule has 15 atom stereocenters. The molecule has 5 rings (SSSR count). The fourth-order valence-corrected chi connectivity index (χ4v) is 7.81. The molecule has 5 aliphatic heterocycles. The van der Waals surface area contributed by atoms with Crippen molar-refractivity contribution in [1.29, 1.82) is 5.41 Å². The summed E-state index contributed by atoms with van der Waals surface area (Å²) < 4.78 is 32.3. The van der Waals surface area contributed by atoms with Crippen molar-refractivity contribution in [3.05, 3.63) is 0 Å². The molecule has 4 fully saturated rings. The van der Waals surface area contributed by atoms with Gasteiger partial charge in [0.2, 0.25) is 0 Å². The van der Waals surface area contributed by atoms with Crippen LogP contribution in [0.2, 0.25) is 0 Å². The van der Waals surface area contributed by atoms with E-state index in [0.29, 0.717) is 25.9 Å². The van der Waals surface area contributed by atoms with Crippen LogP contribution in [0.3, 0.4) is 0 Å². The third-order valence-electron chi connectivity index (χ3n) is 11.1. The standard InChI is InChI=1S/C33H59N5O13/c1-3-5-7-36-9-20-17(12-39)25(40)28(43)23(49-20)15-48-14-19-22-11-38(32(36)34)33(35)37(8-6-4-2)10-21-18(27(42)30(45)31(46)51-21)13-47-16-24(50-22)29(44)26(19)41/h17-31,34-35,39-46H,3-16H2,1-2H3/p+1. The van der Waals surface area contributed by atoms with Gasteiger partial charge in [-0.15, -0.1) is 0 Å². The summed E-state index contributed by atoms with van der Waals surface area (Å²) in [5, 5.41) is 96.8. The molecule has 5 heterocycles. The Morgan fingerprint density at radius 3 is 1.92 bits per heavy atom. The number of hydrogen-bond donors (Lipinski definition) is 10. The Bertz CT molecular complexity index is 1170. The topological polar surface area (TPSA) is 267 Å². The predicted molar refractivity (Wildman–Crippen MR) is 178 cm³/mol. The largest absolute Gasteiger partial charge is 0.396 e. The maximum Gasteiger partial charge on any atom is 0.353 e. The van der Waals surface area contributed by atoms with Gasteiger partial charge in [-0.25, -0.2) is 0 Å². The van der Waals surface area contributed by atoms with Gasteiger partial charge in [-0.3, -0.25) is 15.7 Å². The Kier molecular flexibility index (Phi) is 14.3. The Morgan fingerprint density at radius 2 is 1.29 bits per heavy atom. The number of nitrogens with two attached hydrogens (primary N) is 1. The van der Waals surface area contributed by atoms with E-state index in [-0.39, 0.29) is 58.0 Å². The van der Waals surface area contributed by atoms with Crippen molar-refractivity contribution in [2.24, 2.45) is 23.5 Å². The molecule has 5 bridgehead atoms. The Morgan fingerprint density at radius 1 is 0.706 bits per heavy atom. The van der Waals surface area contributed by atoms with Crippen molar-refractivity contribution in [3.63, 3.8) is 0 Å². The van der Waals surface area contributed by atoms with Gasteiger partial charge in [0, 0.05) is 30.8 Å². The maximum absolute atomic E-state index is 11.5. The summed E-state index contributed by atoms with van der Waals surface area (Å²) in [6.07, 6.45) is -11.9. The second-order valence-electron chi connectivity index (χ2n) is 14.6. The summed E-state index contributed by atoms with van der Waals surface area (Å²) in [7, 11) is 0. The highest BCUT2D eigenvalue weighted by atomic mass is 16.6. The van der Waals surface area contributed by atoms with Crippen LogP contribution in [0.5, 0.6) is 0 Å². The van der Waals surface area contributed by atoms with Crippen LogP contribution in [0, 0.1) is 23.2 Å². The normalized spacial score (nSPS) is 43.3. The van der Waals surface area contributed by atoms with Gasteiger partial charge in [0.05, 0.1) is 82.7 Å². The molecule has 0 spiro atoms. The SMILES string of the molecule is CCCCN1CC2OC(COCC3C4CN(C1=N)C(N)=[N+](CCCC)CC1OC(O)C(O)C(O)C1COCC(O4)C(O)C3O)C(O)C(O)C2CO. The highest BCUT2D eigenvalue weighted by Gasteiger charge is 2.51. The number of unbranched alkanes of at least 4 members (excludes halogenated alkanes) is 2. The molecular weight excluding hydrogens is 674 g/mol. The van der Waals surface area contributed by atoms with Crippen LogP contribution in [0.25, 0.3) is 0 Å². The van der Waals surface area contributed by atoms with E-state index in [9.17, 15) is 46.3 Å². The summed E-state index contributed by atoms with van der Waals surface area (Å²) in [5.74, 6) is -2.47. The molecule has 0 aromatic rings. The third kappa shape index (κ3) is 8.80. The highest BCUT2D eigenvalue weighted by Crippen LogP contribution is 2.33. The monoisotopic (exact) mass is 734 g/mol. The molecular formula is C33H60N5O13+. The van der Waals surface area contributed by atoms with Gasteiger partial charge in [-0.05, 0) is 12.8 Å². The number of rotatable bonds is 7. The molecule has 5 aliphatic rings. The maximum atomic E-state index is 11.5. The van der Waals surface area contributed by atoms with E-state index < -0.39 is 97.8 Å². The Hall–Kier alpha value is -1.78. The number of fused-ring (bicyclic) bond motifs is 5. The van der Waals surface area contributed by atoms with Gasteiger partial charge in [-0.1, -0.05) is 26.7 Å². The molecule has 0 amide bonds. The first-order valence-electron chi connectivity index (χ1n) is 18.4. The second kappa shape index (κ2) is 18.0. The molecule has 51 heavy (non-hydrogen) atoms. The Labute approximate surface area is 298 Å². The molecule has 294 valence electrons. The number of aliphatic hydroxyl groups is 8. The lowest BCUT2D eigenvalue weighted by Crippen LogP contribution is -2.63. The molecule has 15 unspecified atom stereocenters. The van der Waals surface area contributed by atoms with Crippen LogP contribution in [0.4, 0.5) is 0 Å². The van der Waals surface area contributed by atoms with E-state index >= 15 is 0 Å². The van der Waals surface area contributed by atoms with Gasteiger partial charge in [0.15, 0.2) is 6.29 Å². The molecule has 0 aliphatic carbocycles. The zero-order valence-corrected chi connectivity index (χ0v) is 29.6. The third-order valence-corrected chi connectivity index (χ3v) is 11.1. The number of aliphatic hydroxyl groups excluding tert-OH is 8. The lowest BCUT2D eigenvalue weighted by Gasteiger charge is -2.44. The molecule has 18 heteroatoms. The molecule has 0 saturated carbocycles. The van der Waals surface area contributed by atoms with Gasteiger partial charge in [0.25, 0.3) is 5.96 Å². The first-order chi connectivity index (χ1) is 24.4. The number of ether oxygens (including phenoxy) is 5. The average molecular weight is 735 g/mol. The highest BCUT2D eigenvalue weighted by molar-refractivity contribution is 5.94. The van der Waals surface area contributed by atoms with Crippen LogP contribution in [-0.2, 0) is 23.7 Å². The fraction of sp³-hybridized carbons (Fsp3) is 0.939. The van der Waals surface area contributed by atoms with Crippen molar-refractivity contribution >= 4 is 11.9 Å². The zero-order chi connectivity index (χ0) is 37.0. The van der Waals surface area contributed by atoms with Gasteiger partial charge in [0.1, 0.15) is 37.1 Å². The predicted octanol–water partition coefficient (Wildman–Crippen LogP) is -4.23. The van der Waals surface area contributed by atoms with E-state index in [2.05, 4.69) is 0 Å².